The summed E-state index contributed by atoms with van der Waals surface area (Å²) in [6.45, 7) is 3.83. The summed E-state index contributed by atoms with van der Waals surface area (Å²) in [7, 11) is 0. The number of imidazole rings is 1. The van der Waals surface area contributed by atoms with Crippen molar-refractivity contribution in [2.24, 2.45) is 0 Å². The maximum Gasteiger partial charge on any atom is 0.269 e. The number of hydrogen-bond acceptors (Lipinski definition) is 3. The normalized spacial score (nSPS) is 26.4. The van der Waals surface area contributed by atoms with Crippen molar-refractivity contribution >= 4 is 5.91 Å². The van der Waals surface area contributed by atoms with Crippen LogP contribution in [-0.2, 0) is 0 Å². The number of hydrogen-bond donors (Lipinski definition) is 3. The first kappa shape index (κ1) is 9.21. The van der Waals surface area contributed by atoms with Gasteiger partial charge >= 0.3 is 0 Å². The molecular weight excluding hydrogens is 180 g/mol. The second-order valence-electron chi connectivity index (χ2n) is 3.91. The van der Waals surface area contributed by atoms with E-state index in [9.17, 15) is 4.79 Å². The third kappa shape index (κ3) is 1.77. The molecule has 0 aliphatic carbocycles. The number of amides is 1. The molecule has 5 nitrogen and oxygen atoms in total. The number of aromatic amines is 1. The van der Waals surface area contributed by atoms with Crippen molar-refractivity contribution < 1.29 is 4.79 Å². The van der Waals surface area contributed by atoms with E-state index in [0.717, 1.165) is 19.5 Å². The van der Waals surface area contributed by atoms with Gasteiger partial charge in [-0.3, -0.25) is 4.79 Å². The maximum atomic E-state index is 11.7. The van der Waals surface area contributed by atoms with Gasteiger partial charge in [0.05, 0.1) is 18.1 Å². The van der Waals surface area contributed by atoms with Crippen LogP contribution >= 0.6 is 0 Å². The van der Waals surface area contributed by atoms with Gasteiger partial charge in [-0.25, -0.2) is 4.98 Å². The van der Waals surface area contributed by atoms with E-state index in [4.69, 9.17) is 0 Å². The van der Waals surface area contributed by atoms with Crippen molar-refractivity contribution in [2.45, 2.75) is 18.9 Å². The Hall–Kier alpha value is -1.36. The molecule has 0 radical (unpaired) electrons. The Balaban J connectivity index is 2.01. The number of H-pyrrole nitrogens is 1. The van der Waals surface area contributed by atoms with Gasteiger partial charge in [-0.05, 0) is 19.9 Å². The molecule has 14 heavy (non-hydrogen) atoms. The molecule has 2 rings (SSSR count). The Kier molecular flexibility index (Phi) is 2.25. The van der Waals surface area contributed by atoms with E-state index in [0.29, 0.717) is 5.69 Å². The minimum Gasteiger partial charge on any atom is -0.344 e. The molecule has 1 saturated heterocycles. The molecule has 1 aliphatic rings. The highest BCUT2D eigenvalue weighted by Crippen LogP contribution is 2.13. The van der Waals surface area contributed by atoms with Gasteiger partial charge in [0.1, 0.15) is 5.69 Å². The van der Waals surface area contributed by atoms with E-state index in [1.165, 1.54) is 12.5 Å². The van der Waals surface area contributed by atoms with Crippen LogP contribution in [0.2, 0.25) is 0 Å². The van der Waals surface area contributed by atoms with Crippen LogP contribution in [0.1, 0.15) is 23.8 Å². The zero-order chi connectivity index (χ0) is 10.0. The Morgan fingerprint density at radius 2 is 2.57 bits per heavy atom. The SMILES string of the molecule is CC1(NC(=O)c2cnc[nH]2)CCNC1. The molecule has 1 aromatic heterocycles. The minimum absolute atomic E-state index is 0.0892. The molecule has 0 spiro atoms. The fourth-order valence-corrected chi connectivity index (χ4v) is 1.65. The quantitative estimate of drug-likeness (QED) is 0.615. The van der Waals surface area contributed by atoms with Gasteiger partial charge in [0.15, 0.2) is 0 Å². The Bertz CT molecular complexity index is 314. The number of rotatable bonds is 2. The van der Waals surface area contributed by atoms with Gasteiger partial charge < -0.3 is 15.6 Å². The second-order valence-corrected chi connectivity index (χ2v) is 3.91. The average molecular weight is 194 g/mol. The highest BCUT2D eigenvalue weighted by Gasteiger charge is 2.30. The van der Waals surface area contributed by atoms with E-state index in [1.807, 2.05) is 6.92 Å². The van der Waals surface area contributed by atoms with E-state index in [-0.39, 0.29) is 11.4 Å². The van der Waals surface area contributed by atoms with Crippen molar-refractivity contribution in [1.82, 2.24) is 20.6 Å². The number of carbonyl (C=O) groups excluding carboxylic acids is 1. The first-order valence-corrected chi connectivity index (χ1v) is 4.71. The van der Waals surface area contributed by atoms with Crippen LogP contribution in [0.25, 0.3) is 0 Å². The fraction of sp³-hybridized carbons (Fsp3) is 0.556. The monoisotopic (exact) mass is 194 g/mol. The van der Waals surface area contributed by atoms with Gasteiger partial charge in [-0.1, -0.05) is 0 Å². The lowest BCUT2D eigenvalue weighted by Gasteiger charge is -2.23. The number of carbonyl (C=O) groups is 1. The molecule has 2 heterocycles. The van der Waals surface area contributed by atoms with E-state index in [2.05, 4.69) is 20.6 Å². The number of aromatic nitrogens is 2. The maximum absolute atomic E-state index is 11.7. The van der Waals surface area contributed by atoms with Crippen molar-refractivity contribution in [3.05, 3.63) is 18.2 Å². The summed E-state index contributed by atoms with van der Waals surface area (Å²) in [5.74, 6) is -0.0892. The first-order valence-electron chi connectivity index (χ1n) is 4.71. The van der Waals surface area contributed by atoms with E-state index >= 15 is 0 Å². The predicted octanol–water partition coefficient (Wildman–Crippen LogP) is -0.108. The summed E-state index contributed by atoms with van der Waals surface area (Å²) in [5, 5.41) is 6.21. The highest BCUT2D eigenvalue weighted by molar-refractivity contribution is 5.92. The predicted molar refractivity (Wildman–Crippen MR) is 51.9 cm³/mol. The van der Waals surface area contributed by atoms with Crippen molar-refractivity contribution in [2.75, 3.05) is 13.1 Å². The smallest absolute Gasteiger partial charge is 0.269 e. The molecule has 1 amide bonds. The van der Waals surface area contributed by atoms with Crippen LogP contribution in [0.15, 0.2) is 12.5 Å². The summed E-state index contributed by atoms with van der Waals surface area (Å²) in [5.41, 5.74) is 0.389. The van der Waals surface area contributed by atoms with Crippen LogP contribution in [0.4, 0.5) is 0 Å². The summed E-state index contributed by atoms with van der Waals surface area (Å²) >= 11 is 0. The van der Waals surface area contributed by atoms with E-state index in [1.54, 1.807) is 0 Å². The van der Waals surface area contributed by atoms with Gasteiger partial charge in [0.2, 0.25) is 0 Å². The molecule has 0 saturated carbocycles. The standard InChI is InChI=1S/C9H14N4O/c1-9(2-3-10-5-9)13-8(14)7-4-11-6-12-7/h4,6,10H,2-3,5H2,1H3,(H,11,12)(H,13,14). The van der Waals surface area contributed by atoms with Gasteiger partial charge in [0.25, 0.3) is 5.91 Å². The lowest BCUT2D eigenvalue weighted by atomic mass is 10.0. The van der Waals surface area contributed by atoms with Crippen molar-refractivity contribution in [1.29, 1.82) is 0 Å². The fourth-order valence-electron chi connectivity index (χ4n) is 1.65. The Labute approximate surface area is 82.3 Å². The first-order chi connectivity index (χ1) is 6.70. The lowest BCUT2D eigenvalue weighted by Crippen LogP contribution is -2.47. The number of nitrogens with zero attached hydrogens (tertiary/aromatic N) is 1. The molecule has 1 atom stereocenters. The van der Waals surface area contributed by atoms with Crippen LogP contribution in [0.5, 0.6) is 0 Å². The number of nitrogens with one attached hydrogen (secondary N) is 3. The third-order valence-corrected chi connectivity index (χ3v) is 2.53. The van der Waals surface area contributed by atoms with Crippen molar-refractivity contribution in [3.8, 4) is 0 Å². The van der Waals surface area contributed by atoms with Gasteiger partial charge in [0, 0.05) is 6.54 Å². The van der Waals surface area contributed by atoms with Crippen molar-refractivity contribution in [3.63, 3.8) is 0 Å². The molecular formula is C9H14N4O. The topological polar surface area (TPSA) is 69.8 Å². The summed E-state index contributed by atoms with van der Waals surface area (Å²) in [6.07, 6.45) is 4.00. The van der Waals surface area contributed by atoms with E-state index < -0.39 is 0 Å². The zero-order valence-corrected chi connectivity index (χ0v) is 8.13. The summed E-state index contributed by atoms with van der Waals surface area (Å²) in [4.78, 5) is 18.2. The second kappa shape index (κ2) is 3.42. The van der Waals surface area contributed by atoms with Crippen LogP contribution in [0.3, 0.4) is 0 Å². The molecule has 3 N–H and O–H groups in total. The van der Waals surface area contributed by atoms with Gasteiger partial charge in [-0.2, -0.15) is 0 Å². The molecule has 0 aromatic carbocycles. The third-order valence-electron chi connectivity index (χ3n) is 2.53. The average Bonchev–Trinajstić information content (AvgIpc) is 2.74. The summed E-state index contributed by atoms with van der Waals surface area (Å²) in [6, 6.07) is 0. The molecule has 1 aliphatic heterocycles. The molecule has 0 bridgehead atoms. The van der Waals surface area contributed by atoms with Crippen LogP contribution < -0.4 is 10.6 Å². The zero-order valence-electron chi connectivity index (χ0n) is 8.13. The Morgan fingerprint density at radius 3 is 3.14 bits per heavy atom. The van der Waals surface area contributed by atoms with Crippen LogP contribution in [-0.4, -0.2) is 34.5 Å². The largest absolute Gasteiger partial charge is 0.344 e. The molecule has 76 valence electrons. The summed E-state index contributed by atoms with van der Waals surface area (Å²) < 4.78 is 0. The molecule has 1 unspecified atom stereocenters. The van der Waals surface area contributed by atoms with Crippen LogP contribution in [0, 0.1) is 0 Å². The van der Waals surface area contributed by atoms with Gasteiger partial charge in [-0.15, -0.1) is 0 Å². The Morgan fingerprint density at radius 1 is 1.71 bits per heavy atom. The molecule has 1 aromatic rings. The minimum atomic E-state index is -0.123. The molecule has 1 fully saturated rings. The molecule has 5 heteroatoms. The lowest BCUT2D eigenvalue weighted by molar-refractivity contribution is 0.0908. The highest BCUT2D eigenvalue weighted by atomic mass is 16.2.